The van der Waals surface area contributed by atoms with E-state index in [4.69, 9.17) is 4.52 Å². The van der Waals surface area contributed by atoms with Crippen molar-refractivity contribution in [1.82, 2.24) is 24.4 Å². The zero-order valence-corrected chi connectivity index (χ0v) is 13.8. The van der Waals surface area contributed by atoms with Crippen LogP contribution in [0.2, 0.25) is 0 Å². The molecule has 0 aliphatic carbocycles. The first-order chi connectivity index (χ1) is 12.1. The molecule has 1 amide bonds. The van der Waals surface area contributed by atoms with E-state index >= 15 is 0 Å². The second-order valence-electron chi connectivity index (χ2n) is 6.17. The van der Waals surface area contributed by atoms with Crippen LogP contribution in [0.1, 0.15) is 40.8 Å². The van der Waals surface area contributed by atoms with Gasteiger partial charge in [-0.15, -0.1) is 0 Å². The second-order valence-corrected chi connectivity index (χ2v) is 6.17. The number of nitrogens with zero attached hydrogens (tertiary/aromatic N) is 5. The smallest absolute Gasteiger partial charge is 0.270 e. The molecule has 3 aromatic heterocycles. The molecule has 0 aromatic carbocycles. The van der Waals surface area contributed by atoms with E-state index in [0.29, 0.717) is 30.5 Å². The van der Waals surface area contributed by atoms with Gasteiger partial charge in [0.1, 0.15) is 11.2 Å². The van der Waals surface area contributed by atoms with Crippen LogP contribution in [-0.2, 0) is 0 Å². The Morgan fingerprint density at radius 2 is 2.24 bits per heavy atom. The molecular weight excluding hydrogens is 322 g/mol. The number of carbonyl (C=O) groups is 1. The summed E-state index contributed by atoms with van der Waals surface area (Å²) >= 11 is 0. The Kier molecular flexibility index (Phi) is 3.79. The Hall–Kier alpha value is -3.03. The lowest BCUT2D eigenvalue weighted by Crippen LogP contribution is -2.41. The summed E-state index contributed by atoms with van der Waals surface area (Å²) in [6, 6.07) is 5.26. The van der Waals surface area contributed by atoms with Gasteiger partial charge in [-0.05, 0) is 25.0 Å². The maximum atomic E-state index is 12.9. The predicted octanol–water partition coefficient (Wildman–Crippen LogP) is 1.41. The maximum Gasteiger partial charge on any atom is 0.270 e. The van der Waals surface area contributed by atoms with E-state index in [0.717, 1.165) is 12.8 Å². The highest BCUT2D eigenvalue weighted by Crippen LogP contribution is 2.25. The lowest BCUT2D eigenvalue weighted by atomic mass is 9.97. The van der Waals surface area contributed by atoms with Crippen LogP contribution in [-0.4, -0.2) is 43.4 Å². The molecule has 1 unspecified atom stereocenters. The fraction of sp³-hybridized carbons (Fsp3) is 0.353. The molecule has 8 nitrogen and oxygen atoms in total. The zero-order valence-electron chi connectivity index (χ0n) is 13.8. The monoisotopic (exact) mass is 339 g/mol. The van der Waals surface area contributed by atoms with Crippen LogP contribution in [0.4, 0.5) is 0 Å². The summed E-state index contributed by atoms with van der Waals surface area (Å²) < 4.78 is 6.42. The minimum atomic E-state index is -0.354. The minimum absolute atomic E-state index is 0.0197. The van der Waals surface area contributed by atoms with Crippen LogP contribution in [0.3, 0.4) is 0 Å². The Labute approximate surface area is 143 Å². The summed E-state index contributed by atoms with van der Waals surface area (Å²) in [4.78, 5) is 35.6. The summed E-state index contributed by atoms with van der Waals surface area (Å²) in [6.45, 7) is 2.81. The van der Waals surface area contributed by atoms with E-state index in [9.17, 15) is 9.59 Å². The van der Waals surface area contributed by atoms with E-state index < -0.39 is 0 Å². The van der Waals surface area contributed by atoms with Crippen LogP contribution in [0.5, 0.6) is 0 Å². The van der Waals surface area contributed by atoms with E-state index in [-0.39, 0.29) is 22.9 Å². The third kappa shape index (κ3) is 2.79. The van der Waals surface area contributed by atoms with Crippen LogP contribution in [0.15, 0.2) is 39.9 Å². The van der Waals surface area contributed by atoms with Crippen molar-refractivity contribution in [2.75, 3.05) is 13.1 Å². The first-order valence-electron chi connectivity index (χ1n) is 8.19. The van der Waals surface area contributed by atoms with E-state index in [1.54, 1.807) is 36.2 Å². The van der Waals surface area contributed by atoms with E-state index in [1.165, 1.54) is 10.6 Å². The molecule has 1 atom stereocenters. The largest absolute Gasteiger partial charge is 0.340 e. The van der Waals surface area contributed by atoms with Gasteiger partial charge in [-0.1, -0.05) is 11.2 Å². The lowest BCUT2D eigenvalue weighted by molar-refractivity contribution is 0.0701. The number of pyridine rings is 1. The second kappa shape index (κ2) is 6.12. The molecule has 1 aliphatic rings. The molecule has 0 N–H and O–H groups in total. The number of aryl methyl sites for hydroxylation is 1. The third-order valence-corrected chi connectivity index (χ3v) is 4.46. The normalized spacial score (nSPS) is 17.8. The van der Waals surface area contributed by atoms with Gasteiger partial charge in [-0.25, -0.2) is 4.98 Å². The molecule has 0 spiro atoms. The molecule has 1 aliphatic heterocycles. The standard InChI is InChI=1S/C17H17N5O3/c1-11-19-15(20-25-11)12-5-4-7-21(10-12)16(23)13-9-18-14-6-2-3-8-22(14)17(13)24/h2-3,6,8-9,12H,4-5,7,10H2,1H3. The molecule has 8 heteroatoms. The quantitative estimate of drug-likeness (QED) is 0.701. The Bertz CT molecular complexity index is 993. The van der Waals surface area contributed by atoms with Crippen molar-refractivity contribution in [2.45, 2.75) is 25.7 Å². The van der Waals surface area contributed by atoms with Crippen molar-refractivity contribution in [3.05, 3.63) is 58.2 Å². The van der Waals surface area contributed by atoms with E-state index in [2.05, 4.69) is 15.1 Å². The van der Waals surface area contributed by atoms with Crippen molar-refractivity contribution in [3.8, 4) is 0 Å². The van der Waals surface area contributed by atoms with Crippen molar-refractivity contribution < 1.29 is 9.32 Å². The fourth-order valence-electron chi connectivity index (χ4n) is 3.20. The molecule has 0 saturated carbocycles. The molecule has 1 saturated heterocycles. The topological polar surface area (TPSA) is 93.6 Å². The van der Waals surface area contributed by atoms with Gasteiger partial charge in [0.25, 0.3) is 11.5 Å². The number of aromatic nitrogens is 4. The van der Waals surface area contributed by atoms with Gasteiger partial charge in [0.05, 0.1) is 0 Å². The highest BCUT2D eigenvalue weighted by molar-refractivity contribution is 5.93. The molecule has 0 radical (unpaired) electrons. The minimum Gasteiger partial charge on any atom is -0.340 e. The number of rotatable bonds is 2. The van der Waals surface area contributed by atoms with Crippen molar-refractivity contribution >= 4 is 11.6 Å². The average molecular weight is 339 g/mol. The molecule has 1 fully saturated rings. The number of hydrogen-bond acceptors (Lipinski definition) is 6. The van der Waals surface area contributed by atoms with Gasteiger partial charge >= 0.3 is 0 Å². The highest BCUT2D eigenvalue weighted by atomic mass is 16.5. The van der Waals surface area contributed by atoms with Crippen LogP contribution in [0.25, 0.3) is 5.65 Å². The molecule has 0 bridgehead atoms. The first-order valence-corrected chi connectivity index (χ1v) is 8.19. The van der Waals surface area contributed by atoms with E-state index in [1.807, 2.05) is 0 Å². The number of amides is 1. The van der Waals surface area contributed by atoms with Crippen molar-refractivity contribution in [2.24, 2.45) is 0 Å². The fourth-order valence-corrected chi connectivity index (χ4v) is 3.20. The lowest BCUT2D eigenvalue weighted by Gasteiger charge is -2.31. The Morgan fingerprint density at radius 1 is 1.36 bits per heavy atom. The van der Waals surface area contributed by atoms with Crippen molar-refractivity contribution in [1.29, 1.82) is 0 Å². The number of hydrogen-bond donors (Lipinski definition) is 0. The first kappa shape index (κ1) is 15.5. The number of fused-ring (bicyclic) bond motifs is 1. The van der Waals surface area contributed by atoms with Crippen molar-refractivity contribution in [3.63, 3.8) is 0 Å². The van der Waals surface area contributed by atoms with Gasteiger partial charge in [0.15, 0.2) is 5.82 Å². The zero-order chi connectivity index (χ0) is 17.4. The summed E-state index contributed by atoms with van der Waals surface area (Å²) in [5.41, 5.74) is 0.240. The van der Waals surface area contributed by atoms with Gasteiger partial charge in [-0.2, -0.15) is 4.98 Å². The Balaban J connectivity index is 1.62. The van der Waals surface area contributed by atoms with Gasteiger partial charge in [0.2, 0.25) is 5.89 Å². The summed E-state index contributed by atoms with van der Waals surface area (Å²) in [5.74, 6) is 0.839. The molecule has 3 aromatic rings. The molecular formula is C17H17N5O3. The SMILES string of the molecule is Cc1nc(C2CCCN(C(=O)c3cnc4ccccn4c3=O)C2)no1. The van der Waals surface area contributed by atoms with Crippen LogP contribution < -0.4 is 5.56 Å². The van der Waals surface area contributed by atoms with Gasteiger partial charge < -0.3 is 9.42 Å². The van der Waals surface area contributed by atoms with Gasteiger partial charge in [-0.3, -0.25) is 14.0 Å². The molecule has 25 heavy (non-hydrogen) atoms. The summed E-state index contributed by atoms with van der Waals surface area (Å²) in [7, 11) is 0. The summed E-state index contributed by atoms with van der Waals surface area (Å²) in [5, 5.41) is 3.96. The number of likely N-dealkylation sites (tertiary alicyclic amines) is 1. The average Bonchev–Trinajstić information content (AvgIpc) is 3.08. The number of piperidine rings is 1. The predicted molar refractivity (Wildman–Crippen MR) is 88.4 cm³/mol. The molecule has 128 valence electrons. The highest BCUT2D eigenvalue weighted by Gasteiger charge is 2.29. The molecule has 4 rings (SSSR count). The van der Waals surface area contributed by atoms with Crippen LogP contribution >= 0.6 is 0 Å². The van der Waals surface area contributed by atoms with Gasteiger partial charge in [0, 0.05) is 38.3 Å². The van der Waals surface area contributed by atoms with Crippen LogP contribution in [0, 0.1) is 6.92 Å². The maximum absolute atomic E-state index is 12.9. The Morgan fingerprint density at radius 3 is 3.04 bits per heavy atom. The molecule has 4 heterocycles. The third-order valence-electron chi connectivity index (χ3n) is 4.46. The summed E-state index contributed by atoms with van der Waals surface area (Å²) in [6.07, 6.45) is 4.69. The number of carbonyl (C=O) groups excluding carboxylic acids is 1.